The second-order valence-corrected chi connectivity index (χ2v) is 6.75. The zero-order chi connectivity index (χ0) is 17.1. The lowest BCUT2D eigenvalue weighted by Crippen LogP contribution is -2.46. The van der Waals surface area contributed by atoms with Crippen LogP contribution in [0.15, 0.2) is 30.9 Å². The molecule has 3 heterocycles. The lowest BCUT2D eigenvalue weighted by Gasteiger charge is -2.39. The summed E-state index contributed by atoms with van der Waals surface area (Å²) < 4.78 is 5.12. The number of hydrogen-bond acceptors (Lipinski definition) is 7. The minimum absolute atomic E-state index is 0.441. The summed E-state index contributed by atoms with van der Waals surface area (Å²) in [4.78, 5) is 22.0. The van der Waals surface area contributed by atoms with E-state index in [1.165, 1.54) is 12.8 Å². The zero-order valence-electron chi connectivity index (χ0n) is 14.6. The molecule has 1 aliphatic carbocycles. The summed E-state index contributed by atoms with van der Waals surface area (Å²) in [6.45, 7) is 3.00. The zero-order valence-corrected chi connectivity index (χ0v) is 14.6. The first kappa shape index (κ1) is 16.2. The number of rotatable bonds is 6. The lowest BCUT2D eigenvalue weighted by molar-refractivity contribution is 0.197. The van der Waals surface area contributed by atoms with Crippen molar-refractivity contribution in [3.8, 4) is 6.01 Å². The van der Waals surface area contributed by atoms with Gasteiger partial charge in [0.15, 0.2) is 0 Å². The van der Waals surface area contributed by atoms with Crippen molar-refractivity contribution in [2.24, 2.45) is 0 Å². The van der Waals surface area contributed by atoms with Gasteiger partial charge in [-0.1, -0.05) is 0 Å². The van der Waals surface area contributed by atoms with Crippen LogP contribution in [0, 0.1) is 0 Å². The molecule has 0 radical (unpaired) electrons. The molecule has 0 amide bonds. The Morgan fingerprint density at radius 3 is 2.56 bits per heavy atom. The van der Waals surface area contributed by atoms with Crippen LogP contribution in [0.5, 0.6) is 6.01 Å². The number of nitrogens with zero attached hydrogens (tertiary/aromatic N) is 6. The van der Waals surface area contributed by atoms with E-state index in [1.807, 2.05) is 18.3 Å². The topological polar surface area (TPSA) is 67.3 Å². The standard InChI is InChI=1S/C18H24N6O/c1-25-18-20-9-4-14(22-18)12-23-10-6-16(7-11-23)24(15-2-3-15)17-5-8-19-13-21-17/h4-5,8-9,13,15-16H,2-3,6-7,10-12H2,1H3. The highest BCUT2D eigenvalue weighted by molar-refractivity contribution is 5.41. The Morgan fingerprint density at radius 1 is 1.08 bits per heavy atom. The summed E-state index contributed by atoms with van der Waals surface area (Å²) in [6, 6.07) is 5.68. The summed E-state index contributed by atoms with van der Waals surface area (Å²) in [6.07, 6.45) is 10.1. The molecule has 25 heavy (non-hydrogen) atoms. The van der Waals surface area contributed by atoms with Gasteiger partial charge in [-0.05, 0) is 37.8 Å². The van der Waals surface area contributed by atoms with E-state index in [9.17, 15) is 0 Å². The summed E-state index contributed by atoms with van der Waals surface area (Å²) in [5.41, 5.74) is 1.01. The third kappa shape index (κ3) is 3.87. The molecule has 1 aliphatic heterocycles. The van der Waals surface area contributed by atoms with Crippen molar-refractivity contribution >= 4 is 5.82 Å². The van der Waals surface area contributed by atoms with E-state index < -0.39 is 0 Å². The van der Waals surface area contributed by atoms with Crippen molar-refractivity contribution < 1.29 is 4.74 Å². The molecule has 0 spiro atoms. The molecule has 1 saturated heterocycles. The molecule has 1 saturated carbocycles. The van der Waals surface area contributed by atoms with Crippen molar-refractivity contribution in [3.05, 3.63) is 36.5 Å². The second-order valence-electron chi connectivity index (χ2n) is 6.75. The van der Waals surface area contributed by atoms with Crippen LogP contribution in [0.2, 0.25) is 0 Å². The fourth-order valence-electron chi connectivity index (χ4n) is 3.61. The minimum atomic E-state index is 0.441. The molecule has 0 bridgehead atoms. The molecule has 4 rings (SSSR count). The first-order valence-corrected chi connectivity index (χ1v) is 8.96. The SMILES string of the molecule is COc1nccc(CN2CCC(N(c3ccncn3)C3CC3)CC2)n1. The largest absolute Gasteiger partial charge is 0.467 e. The van der Waals surface area contributed by atoms with E-state index in [-0.39, 0.29) is 0 Å². The third-order valence-electron chi connectivity index (χ3n) is 4.98. The van der Waals surface area contributed by atoms with E-state index >= 15 is 0 Å². The van der Waals surface area contributed by atoms with Crippen molar-refractivity contribution in [2.75, 3.05) is 25.1 Å². The highest BCUT2D eigenvalue weighted by Crippen LogP contribution is 2.35. The molecule has 132 valence electrons. The molecule has 7 nitrogen and oxygen atoms in total. The highest BCUT2D eigenvalue weighted by atomic mass is 16.5. The molecule has 0 unspecified atom stereocenters. The summed E-state index contributed by atoms with van der Waals surface area (Å²) in [5.74, 6) is 1.08. The molecule has 7 heteroatoms. The maximum absolute atomic E-state index is 5.12. The normalized spacial score (nSPS) is 18.9. The van der Waals surface area contributed by atoms with Gasteiger partial charge in [0.2, 0.25) is 0 Å². The number of piperidine rings is 1. The molecular formula is C18H24N6O. The Balaban J connectivity index is 1.37. The van der Waals surface area contributed by atoms with Crippen LogP contribution in [0.4, 0.5) is 5.82 Å². The molecule has 0 atom stereocenters. The van der Waals surface area contributed by atoms with Gasteiger partial charge in [-0.25, -0.2) is 15.0 Å². The second kappa shape index (κ2) is 7.31. The lowest BCUT2D eigenvalue weighted by atomic mass is 10.0. The van der Waals surface area contributed by atoms with Gasteiger partial charge in [-0.2, -0.15) is 4.98 Å². The van der Waals surface area contributed by atoms with Gasteiger partial charge in [0.25, 0.3) is 0 Å². The number of hydrogen-bond donors (Lipinski definition) is 0. The fourth-order valence-corrected chi connectivity index (χ4v) is 3.61. The Bertz CT molecular complexity index is 685. The molecule has 2 aromatic heterocycles. The van der Waals surface area contributed by atoms with Crippen molar-refractivity contribution in [1.82, 2.24) is 24.8 Å². The van der Waals surface area contributed by atoms with Gasteiger partial charge in [0, 0.05) is 44.1 Å². The van der Waals surface area contributed by atoms with Crippen LogP contribution in [-0.2, 0) is 6.54 Å². The smallest absolute Gasteiger partial charge is 0.316 e. The number of ether oxygens (including phenoxy) is 1. The molecule has 0 aromatic carbocycles. The van der Waals surface area contributed by atoms with E-state index in [4.69, 9.17) is 4.74 Å². The molecule has 2 aliphatic rings. The van der Waals surface area contributed by atoms with Gasteiger partial charge < -0.3 is 9.64 Å². The molecule has 0 N–H and O–H groups in total. The Kier molecular flexibility index (Phi) is 4.74. The van der Waals surface area contributed by atoms with E-state index in [2.05, 4.69) is 29.7 Å². The predicted octanol–water partition coefficient (Wildman–Crippen LogP) is 1.91. The first-order valence-electron chi connectivity index (χ1n) is 8.96. The van der Waals surface area contributed by atoms with Gasteiger partial charge >= 0.3 is 6.01 Å². The van der Waals surface area contributed by atoms with E-state index in [1.54, 1.807) is 19.6 Å². The summed E-state index contributed by atoms with van der Waals surface area (Å²) in [5, 5.41) is 0. The van der Waals surface area contributed by atoms with Crippen molar-refractivity contribution in [3.63, 3.8) is 0 Å². The Hall–Kier alpha value is -2.28. The maximum atomic E-state index is 5.12. The molecule has 2 fully saturated rings. The average Bonchev–Trinajstić information content (AvgIpc) is 3.49. The van der Waals surface area contributed by atoms with Crippen molar-refractivity contribution in [1.29, 1.82) is 0 Å². The van der Waals surface area contributed by atoms with Crippen LogP contribution < -0.4 is 9.64 Å². The quantitative estimate of drug-likeness (QED) is 0.795. The number of anilines is 1. The predicted molar refractivity (Wildman–Crippen MR) is 94.4 cm³/mol. The summed E-state index contributed by atoms with van der Waals surface area (Å²) >= 11 is 0. The molecular weight excluding hydrogens is 316 g/mol. The monoisotopic (exact) mass is 340 g/mol. The number of likely N-dealkylation sites (tertiary alicyclic amines) is 1. The van der Waals surface area contributed by atoms with Crippen LogP contribution in [0.3, 0.4) is 0 Å². The van der Waals surface area contributed by atoms with Crippen molar-refractivity contribution in [2.45, 2.75) is 44.3 Å². The van der Waals surface area contributed by atoms with Gasteiger partial charge in [0.05, 0.1) is 12.8 Å². The Morgan fingerprint density at radius 2 is 1.88 bits per heavy atom. The van der Waals surface area contributed by atoms with Crippen LogP contribution in [-0.4, -0.2) is 57.1 Å². The van der Waals surface area contributed by atoms with Crippen LogP contribution in [0.25, 0.3) is 0 Å². The first-order chi connectivity index (χ1) is 12.3. The minimum Gasteiger partial charge on any atom is -0.467 e. The van der Waals surface area contributed by atoms with Crippen LogP contribution >= 0.6 is 0 Å². The summed E-state index contributed by atoms with van der Waals surface area (Å²) in [7, 11) is 1.60. The molecule has 2 aromatic rings. The van der Waals surface area contributed by atoms with Crippen LogP contribution in [0.1, 0.15) is 31.4 Å². The number of aromatic nitrogens is 4. The van der Waals surface area contributed by atoms with E-state index in [0.29, 0.717) is 18.1 Å². The van der Waals surface area contributed by atoms with E-state index in [0.717, 1.165) is 44.0 Å². The third-order valence-corrected chi connectivity index (χ3v) is 4.98. The van der Waals surface area contributed by atoms with Gasteiger partial charge in [-0.15, -0.1) is 0 Å². The fraction of sp³-hybridized carbons (Fsp3) is 0.556. The van der Waals surface area contributed by atoms with Gasteiger partial charge in [-0.3, -0.25) is 4.90 Å². The maximum Gasteiger partial charge on any atom is 0.316 e. The Labute approximate surface area is 148 Å². The van der Waals surface area contributed by atoms with Gasteiger partial charge in [0.1, 0.15) is 12.1 Å². The highest BCUT2D eigenvalue weighted by Gasteiger charge is 2.36. The number of methoxy groups -OCH3 is 1. The average molecular weight is 340 g/mol.